The molecule has 0 heterocycles. The second-order valence-corrected chi connectivity index (χ2v) is 2.42. The van der Waals surface area contributed by atoms with E-state index in [1.54, 1.807) is 6.92 Å². The first-order chi connectivity index (χ1) is 5.06. The molecule has 4 heteroatoms. The SMILES string of the molecule is CCC(CC(C)O)=NC(N)=O. The van der Waals surface area contributed by atoms with E-state index in [9.17, 15) is 4.79 Å². The lowest BCUT2D eigenvalue weighted by Gasteiger charge is -2.03. The fourth-order valence-corrected chi connectivity index (χ4v) is 0.766. The molecule has 4 nitrogen and oxygen atoms in total. The lowest BCUT2D eigenvalue weighted by Crippen LogP contribution is -2.13. The van der Waals surface area contributed by atoms with Crippen LogP contribution < -0.4 is 5.73 Å². The zero-order valence-electron chi connectivity index (χ0n) is 6.87. The summed E-state index contributed by atoms with van der Waals surface area (Å²) < 4.78 is 0. The van der Waals surface area contributed by atoms with Crippen molar-refractivity contribution in [2.45, 2.75) is 32.8 Å². The summed E-state index contributed by atoms with van der Waals surface area (Å²) in [6, 6.07) is -0.692. The van der Waals surface area contributed by atoms with E-state index in [1.165, 1.54) is 0 Å². The second-order valence-electron chi connectivity index (χ2n) is 2.42. The summed E-state index contributed by atoms with van der Waals surface area (Å²) in [6.45, 7) is 3.51. The number of aliphatic imine (C=N–C) groups is 1. The van der Waals surface area contributed by atoms with E-state index >= 15 is 0 Å². The van der Waals surface area contributed by atoms with Crippen LogP contribution in [0.3, 0.4) is 0 Å². The quantitative estimate of drug-likeness (QED) is 0.593. The fourth-order valence-electron chi connectivity index (χ4n) is 0.766. The molecule has 0 bridgehead atoms. The van der Waals surface area contributed by atoms with Gasteiger partial charge in [-0.1, -0.05) is 6.92 Å². The standard InChI is InChI=1S/C7H14N2O2/c1-3-6(4-5(2)10)9-7(8)11/h5,10H,3-4H2,1-2H3,(H2,8,11). The van der Waals surface area contributed by atoms with Crippen molar-refractivity contribution in [2.24, 2.45) is 10.7 Å². The van der Waals surface area contributed by atoms with E-state index in [0.29, 0.717) is 18.6 Å². The highest BCUT2D eigenvalue weighted by Crippen LogP contribution is 1.97. The maximum absolute atomic E-state index is 10.3. The van der Waals surface area contributed by atoms with Crippen LogP contribution in [0.15, 0.2) is 4.99 Å². The summed E-state index contributed by atoms with van der Waals surface area (Å²) >= 11 is 0. The van der Waals surface area contributed by atoms with Crippen LogP contribution in [-0.2, 0) is 0 Å². The van der Waals surface area contributed by atoms with Crippen molar-refractivity contribution in [1.82, 2.24) is 0 Å². The summed E-state index contributed by atoms with van der Waals surface area (Å²) in [4.78, 5) is 13.8. The van der Waals surface area contributed by atoms with Gasteiger partial charge in [-0.15, -0.1) is 0 Å². The Hall–Kier alpha value is -0.900. The Morgan fingerprint density at radius 2 is 2.27 bits per heavy atom. The Labute approximate surface area is 66.1 Å². The number of carbonyl (C=O) groups is 1. The van der Waals surface area contributed by atoms with Crippen molar-refractivity contribution in [2.75, 3.05) is 0 Å². The van der Waals surface area contributed by atoms with E-state index in [-0.39, 0.29) is 0 Å². The van der Waals surface area contributed by atoms with Gasteiger partial charge in [-0.05, 0) is 13.3 Å². The van der Waals surface area contributed by atoms with E-state index in [1.807, 2.05) is 6.92 Å². The van der Waals surface area contributed by atoms with Gasteiger partial charge in [0.15, 0.2) is 0 Å². The fraction of sp³-hybridized carbons (Fsp3) is 0.714. The molecule has 0 saturated carbocycles. The number of aliphatic hydroxyl groups excluding tert-OH is 1. The van der Waals surface area contributed by atoms with Gasteiger partial charge in [0.2, 0.25) is 0 Å². The van der Waals surface area contributed by atoms with E-state index in [4.69, 9.17) is 10.8 Å². The molecule has 0 aromatic carbocycles. The topological polar surface area (TPSA) is 75.7 Å². The van der Waals surface area contributed by atoms with Gasteiger partial charge in [-0.25, -0.2) is 9.79 Å². The van der Waals surface area contributed by atoms with Gasteiger partial charge >= 0.3 is 6.03 Å². The Balaban J connectivity index is 4.05. The van der Waals surface area contributed by atoms with E-state index in [2.05, 4.69) is 4.99 Å². The molecular formula is C7H14N2O2. The van der Waals surface area contributed by atoms with Crippen molar-refractivity contribution in [3.63, 3.8) is 0 Å². The van der Waals surface area contributed by atoms with Gasteiger partial charge in [0.05, 0.1) is 6.10 Å². The minimum Gasteiger partial charge on any atom is -0.393 e. The molecular weight excluding hydrogens is 144 g/mol. The van der Waals surface area contributed by atoms with Crippen LogP contribution in [0.5, 0.6) is 0 Å². The van der Waals surface area contributed by atoms with Crippen molar-refractivity contribution in [3.8, 4) is 0 Å². The molecule has 0 fully saturated rings. The zero-order chi connectivity index (χ0) is 8.85. The average molecular weight is 158 g/mol. The van der Waals surface area contributed by atoms with Crippen LogP contribution in [0.25, 0.3) is 0 Å². The van der Waals surface area contributed by atoms with Crippen molar-refractivity contribution < 1.29 is 9.90 Å². The Morgan fingerprint density at radius 1 is 1.73 bits per heavy atom. The smallest absolute Gasteiger partial charge is 0.338 e. The highest BCUT2D eigenvalue weighted by atomic mass is 16.3. The molecule has 0 aromatic rings. The van der Waals surface area contributed by atoms with Gasteiger partial charge in [0.1, 0.15) is 0 Å². The average Bonchev–Trinajstić information content (AvgIpc) is 1.84. The van der Waals surface area contributed by atoms with Gasteiger partial charge < -0.3 is 10.8 Å². The summed E-state index contributed by atoms with van der Waals surface area (Å²) in [6.07, 6.45) is 0.598. The van der Waals surface area contributed by atoms with Crippen molar-refractivity contribution in [1.29, 1.82) is 0 Å². The molecule has 0 aromatic heterocycles. The van der Waals surface area contributed by atoms with Crippen LogP contribution in [0.4, 0.5) is 4.79 Å². The van der Waals surface area contributed by atoms with E-state index < -0.39 is 12.1 Å². The molecule has 1 unspecified atom stereocenters. The van der Waals surface area contributed by atoms with E-state index in [0.717, 1.165) is 0 Å². The number of hydrogen-bond donors (Lipinski definition) is 2. The number of nitrogens with zero attached hydrogens (tertiary/aromatic N) is 1. The van der Waals surface area contributed by atoms with Crippen LogP contribution in [0.2, 0.25) is 0 Å². The first-order valence-electron chi connectivity index (χ1n) is 3.60. The van der Waals surface area contributed by atoms with Crippen LogP contribution in [-0.4, -0.2) is 23.0 Å². The lowest BCUT2D eigenvalue weighted by molar-refractivity contribution is 0.202. The number of nitrogens with two attached hydrogens (primary N) is 1. The molecule has 0 aliphatic rings. The van der Waals surface area contributed by atoms with Gasteiger partial charge in [-0.2, -0.15) is 0 Å². The van der Waals surface area contributed by atoms with Gasteiger partial charge in [0, 0.05) is 12.1 Å². The molecule has 3 N–H and O–H groups in total. The lowest BCUT2D eigenvalue weighted by atomic mass is 10.1. The molecule has 11 heavy (non-hydrogen) atoms. The minimum absolute atomic E-state index is 0.416. The molecule has 0 radical (unpaired) electrons. The van der Waals surface area contributed by atoms with Crippen LogP contribution >= 0.6 is 0 Å². The molecule has 1 atom stereocenters. The molecule has 64 valence electrons. The minimum atomic E-state index is -0.692. The highest BCUT2D eigenvalue weighted by molar-refractivity contribution is 5.94. The number of carbonyl (C=O) groups excluding carboxylic acids is 1. The normalized spacial score (nSPS) is 14.6. The molecule has 0 aliphatic heterocycles. The Kier molecular flexibility index (Phi) is 4.45. The number of primary amides is 1. The predicted molar refractivity (Wildman–Crippen MR) is 43.6 cm³/mol. The number of aliphatic hydroxyl groups is 1. The summed E-state index contributed by atoms with van der Waals surface area (Å²) in [7, 11) is 0. The van der Waals surface area contributed by atoms with Gasteiger partial charge in [-0.3, -0.25) is 0 Å². The third-order valence-corrected chi connectivity index (χ3v) is 1.21. The summed E-state index contributed by atoms with van der Waals surface area (Å²) in [5, 5.41) is 8.93. The maximum atomic E-state index is 10.3. The number of urea groups is 1. The van der Waals surface area contributed by atoms with Crippen molar-refractivity contribution >= 4 is 11.7 Å². The molecule has 0 spiro atoms. The largest absolute Gasteiger partial charge is 0.393 e. The third-order valence-electron chi connectivity index (χ3n) is 1.21. The molecule has 0 rings (SSSR count). The highest BCUT2D eigenvalue weighted by Gasteiger charge is 2.02. The van der Waals surface area contributed by atoms with Crippen molar-refractivity contribution in [3.05, 3.63) is 0 Å². The molecule has 2 amide bonds. The monoisotopic (exact) mass is 158 g/mol. The van der Waals surface area contributed by atoms with Gasteiger partial charge in [0.25, 0.3) is 0 Å². The van der Waals surface area contributed by atoms with Crippen LogP contribution in [0, 0.1) is 0 Å². The predicted octanol–water partition coefficient (Wildman–Crippen LogP) is 0.687. The molecule has 0 saturated heterocycles. The Bertz CT molecular complexity index is 164. The molecule has 0 aliphatic carbocycles. The second kappa shape index (κ2) is 4.85. The number of rotatable bonds is 3. The zero-order valence-corrected chi connectivity index (χ0v) is 6.87. The maximum Gasteiger partial charge on any atom is 0.338 e. The number of amides is 2. The number of hydrogen-bond acceptors (Lipinski definition) is 2. The summed E-state index contributed by atoms with van der Waals surface area (Å²) in [5.41, 5.74) is 5.48. The first kappa shape index (κ1) is 10.1. The summed E-state index contributed by atoms with van der Waals surface area (Å²) in [5.74, 6) is 0. The Morgan fingerprint density at radius 3 is 2.55 bits per heavy atom. The first-order valence-corrected chi connectivity index (χ1v) is 3.60. The third kappa shape index (κ3) is 5.54. The van der Waals surface area contributed by atoms with Crippen LogP contribution in [0.1, 0.15) is 26.7 Å².